The lowest BCUT2D eigenvalue weighted by atomic mass is 10.1. The highest BCUT2D eigenvalue weighted by atomic mass is 15.1. The van der Waals surface area contributed by atoms with Crippen LogP contribution in [0, 0.1) is 13.8 Å². The monoisotopic (exact) mass is 321 g/mol. The minimum atomic E-state index is 0.710. The summed E-state index contributed by atoms with van der Waals surface area (Å²) in [6.45, 7) is 5.00. The summed E-state index contributed by atoms with van der Waals surface area (Å²) in [7, 11) is 1.93. The molecular weight excluding hydrogens is 298 g/mol. The van der Waals surface area contributed by atoms with Gasteiger partial charge in [0.15, 0.2) is 0 Å². The Bertz CT molecular complexity index is 910. The Labute approximate surface area is 141 Å². The molecule has 124 valence electrons. The fourth-order valence-electron chi connectivity index (χ4n) is 3.52. The standard InChI is InChI=1S/C19H23N5/c1-11-12(2)22-17-8-7-13(9-15(11)17)10-21-19-23-16-6-4-5-14(16)18(20-3)24-19/h7-9,22H,4-6,10H2,1-3H3,(H2,20,21,23,24). The smallest absolute Gasteiger partial charge is 0.225 e. The molecule has 0 radical (unpaired) electrons. The molecule has 0 unspecified atom stereocenters. The molecule has 5 heteroatoms. The number of aryl methyl sites for hydroxylation is 3. The number of benzene rings is 1. The van der Waals surface area contributed by atoms with Gasteiger partial charge in [-0.05, 0) is 56.4 Å². The van der Waals surface area contributed by atoms with Crippen LogP contribution >= 0.6 is 0 Å². The summed E-state index contributed by atoms with van der Waals surface area (Å²) in [6.07, 6.45) is 3.30. The van der Waals surface area contributed by atoms with Crippen molar-refractivity contribution in [2.24, 2.45) is 0 Å². The maximum Gasteiger partial charge on any atom is 0.225 e. The largest absolute Gasteiger partial charge is 0.373 e. The van der Waals surface area contributed by atoms with Crippen molar-refractivity contribution in [2.45, 2.75) is 39.7 Å². The quantitative estimate of drug-likeness (QED) is 0.685. The van der Waals surface area contributed by atoms with Crippen molar-refractivity contribution in [1.82, 2.24) is 15.0 Å². The number of hydrogen-bond donors (Lipinski definition) is 3. The van der Waals surface area contributed by atoms with Crippen LogP contribution in [0.5, 0.6) is 0 Å². The third kappa shape index (κ3) is 2.50. The fraction of sp³-hybridized carbons (Fsp3) is 0.368. The minimum absolute atomic E-state index is 0.710. The molecule has 0 aliphatic heterocycles. The highest BCUT2D eigenvalue weighted by molar-refractivity contribution is 5.85. The van der Waals surface area contributed by atoms with Gasteiger partial charge in [-0.2, -0.15) is 4.98 Å². The first-order chi connectivity index (χ1) is 11.7. The van der Waals surface area contributed by atoms with Gasteiger partial charge in [0.2, 0.25) is 5.95 Å². The molecule has 0 atom stereocenters. The Hall–Kier alpha value is -2.56. The Morgan fingerprint density at radius 3 is 2.88 bits per heavy atom. The minimum Gasteiger partial charge on any atom is -0.373 e. The first kappa shape index (κ1) is 15.0. The molecule has 0 bridgehead atoms. The zero-order valence-electron chi connectivity index (χ0n) is 14.5. The predicted molar refractivity (Wildman–Crippen MR) is 98.7 cm³/mol. The number of nitrogens with one attached hydrogen (secondary N) is 3. The summed E-state index contributed by atoms with van der Waals surface area (Å²) in [5.41, 5.74) is 7.45. The molecule has 3 N–H and O–H groups in total. The molecule has 2 heterocycles. The van der Waals surface area contributed by atoms with Crippen molar-refractivity contribution in [3.8, 4) is 0 Å². The molecule has 1 aliphatic carbocycles. The Kier molecular flexibility index (Phi) is 3.63. The second-order valence-electron chi connectivity index (χ2n) is 6.53. The molecule has 0 spiro atoms. The van der Waals surface area contributed by atoms with Crippen LogP contribution in [0.3, 0.4) is 0 Å². The molecule has 5 nitrogen and oxygen atoms in total. The highest BCUT2D eigenvalue weighted by Crippen LogP contribution is 2.27. The number of nitrogens with zero attached hydrogens (tertiary/aromatic N) is 2. The molecule has 1 aliphatic rings. The first-order valence-corrected chi connectivity index (χ1v) is 8.55. The van der Waals surface area contributed by atoms with Gasteiger partial charge >= 0.3 is 0 Å². The third-order valence-corrected chi connectivity index (χ3v) is 4.99. The molecule has 24 heavy (non-hydrogen) atoms. The number of hydrogen-bond acceptors (Lipinski definition) is 4. The molecule has 0 saturated heterocycles. The van der Waals surface area contributed by atoms with Crippen LogP contribution in [0.4, 0.5) is 11.8 Å². The molecule has 0 saturated carbocycles. The van der Waals surface area contributed by atoms with E-state index in [9.17, 15) is 0 Å². The van der Waals surface area contributed by atoms with E-state index in [1.807, 2.05) is 7.05 Å². The molecule has 1 aromatic carbocycles. The van der Waals surface area contributed by atoms with E-state index in [0.29, 0.717) is 5.95 Å². The van der Waals surface area contributed by atoms with Crippen molar-refractivity contribution in [3.05, 3.63) is 46.3 Å². The number of rotatable bonds is 4. The summed E-state index contributed by atoms with van der Waals surface area (Å²) in [5.74, 6) is 1.68. The number of anilines is 2. The summed E-state index contributed by atoms with van der Waals surface area (Å²) in [6, 6.07) is 6.54. The number of aromatic nitrogens is 3. The summed E-state index contributed by atoms with van der Waals surface area (Å²) < 4.78 is 0. The zero-order chi connectivity index (χ0) is 16.7. The van der Waals surface area contributed by atoms with Gasteiger partial charge in [0.1, 0.15) is 5.82 Å². The SMILES string of the molecule is CNc1nc(NCc2ccc3[nH]c(C)c(C)c3c2)nc2c1CCC2. The van der Waals surface area contributed by atoms with E-state index in [2.05, 4.69) is 52.6 Å². The van der Waals surface area contributed by atoms with Crippen LogP contribution in [-0.4, -0.2) is 22.0 Å². The molecular formula is C19H23N5. The van der Waals surface area contributed by atoms with Crippen LogP contribution in [-0.2, 0) is 19.4 Å². The van der Waals surface area contributed by atoms with Crippen LogP contribution in [0.2, 0.25) is 0 Å². The van der Waals surface area contributed by atoms with Gasteiger partial charge in [-0.1, -0.05) is 6.07 Å². The second-order valence-corrected chi connectivity index (χ2v) is 6.53. The van der Waals surface area contributed by atoms with Gasteiger partial charge in [0.25, 0.3) is 0 Å². The van der Waals surface area contributed by atoms with Gasteiger partial charge in [0.05, 0.1) is 5.69 Å². The lowest BCUT2D eigenvalue weighted by Gasteiger charge is -2.11. The van der Waals surface area contributed by atoms with Gasteiger partial charge in [-0.3, -0.25) is 0 Å². The fourth-order valence-corrected chi connectivity index (χ4v) is 3.52. The van der Waals surface area contributed by atoms with Crippen LogP contribution in [0.1, 0.15) is 34.5 Å². The van der Waals surface area contributed by atoms with Crippen molar-refractivity contribution < 1.29 is 0 Å². The van der Waals surface area contributed by atoms with Gasteiger partial charge in [0, 0.05) is 35.8 Å². The average Bonchev–Trinajstić information content (AvgIpc) is 3.17. The van der Waals surface area contributed by atoms with Crippen molar-refractivity contribution in [2.75, 3.05) is 17.7 Å². The summed E-state index contributed by atoms with van der Waals surface area (Å²) in [5, 5.41) is 7.88. The lowest BCUT2D eigenvalue weighted by Crippen LogP contribution is -2.08. The van der Waals surface area contributed by atoms with E-state index in [1.54, 1.807) is 0 Å². The zero-order valence-corrected chi connectivity index (χ0v) is 14.5. The maximum absolute atomic E-state index is 4.69. The lowest BCUT2D eigenvalue weighted by molar-refractivity contribution is 0.898. The number of aromatic amines is 1. The second kappa shape index (κ2) is 5.82. The van der Waals surface area contributed by atoms with E-state index in [1.165, 1.54) is 45.4 Å². The highest BCUT2D eigenvalue weighted by Gasteiger charge is 2.18. The van der Waals surface area contributed by atoms with Gasteiger partial charge in [-0.25, -0.2) is 4.98 Å². The topological polar surface area (TPSA) is 65.6 Å². The van der Waals surface area contributed by atoms with E-state index in [0.717, 1.165) is 25.2 Å². The average molecular weight is 321 g/mol. The Morgan fingerprint density at radius 2 is 2.04 bits per heavy atom. The van der Waals surface area contributed by atoms with E-state index in [-0.39, 0.29) is 0 Å². The van der Waals surface area contributed by atoms with E-state index in [4.69, 9.17) is 4.98 Å². The molecule has 0 amide bonds. The first-order valence-electron chi connectivity index (χ1n) is 8.55. The summed E-state index contributed by atoms with van der Waals surface area (Å²) >= 11 is 0. The van der Waals surface area contributed by atoms with Crippen molar-refractivity contribution in [3.63, 3.8) is 0 Å². The Balaban J connectivity index is 1.58. The predicted octanol–water partition coefficient (Wildman–Crippen LogP) is 3.72. The Morgan fingerprint density at radius 1 is 1.17 bits per heavy atom. The normalized spacial score (nSPS) is 13.3. The van der Waals surface area contributed by atoms with Gasteiger partial charge < -0.3 is 15.6 Å². The van der Waals surface area contributed by atoms with Crippen LogP contribution in [0.25, 0.3) is 10.9 Å². The molecule has 2 aromatic heterocycles. The molecule has 0 fully saturated rings. The van der Waals surface area contributed by atoms with Crippen LogP contribution in [0.15, 0.2) is 18.2 Å². The van der Waals surface area contributed by atoms with Crippen LogP contribution < -0.4 is 10.6 Å². The molecule has 3 aromatic rings. The maximum atomic E-state index is 4.69. The molecule has 4 rings (SSSR count). The number of fused-ring (bicyclic) bond motifs is 2. The van der Waals surface area contributed by atoms with Gasteiger partial charge in [-0.15, -0.1) is 0 Å². The van der Waals surface area contributed by atoms with Crippen molar-refractivity contribution >= 4 is 22.7 Å². The third-order valence-electron chi connectivity index (χ3n) is 4.99. The van der Waals surface area contributed by atoms with E-state index < -0.39 is 0 Å². The van der Waals surface area contributed by atoms with Crippen molar-refractivity contribution in [1.29, 1.82) is 0 Å². The number of H-pyrrole nitrogens is 1. The summed E-state index contributed by atoms with van der Waals surface area (Å²) in [4.78, 5) is 12.7. The van der Waals surface area contributed by atoms with E-state index >= 15 is 0 Å².